The molecular formula is C16H23NO4. The van der Waals surface area contributed by atoms with E-state index in [0.29, 0.717) is 6.61 Å². The Morgan fingerprint density at radius 3 is 2.90 bits per heavy atom. The van der Waals surface area contributed by atoms with Crippen molar-refractivity contribution in [3.05, 3.63) is 23.8 Å². The molecule has 0 bridgehead atoms. The van der Waals surface area contributed by atoms with Crippen molar-refractivity contribution >= 4 is 0 Å². The van der Waals surface area contributed by atoms with E-state index in [9.17, 15) is 0 Å². The Hall–Kier alpha value is -1.30. The van der Waals surface area contributed by atoms with E-state index in [1.54, 1.807) is 7.11 Å². The molecule has 5 nitrogen and oxygen atoms in total. The molecule has 1 aromatic rings. The lowest BCUT2D eigenvalue weighted by Crippen LogP contribution is -2.33. The highest BCUT2D eigenvalue weighted by molar-refractivity contribution is 5.44. The van der Waals surface area contributed by atoms with E-state index in [1.165, 1.54) is 0 Å². The van der Waals surface area contributed by atoms with Crippen molar-refractivity contribution in [3.8, 4) is 11.5 Å². The summed E-state index contributed by atoms with van der Waals surface area (Å²) in [5, 5.41) is 3.34. The Balaban J connectivity index is 1.71. The summed E-state index contributed by atoms with van der Waals surface area (Å²) in [6.45, 7) is 3.98. The van der Waals surface area contributed by atoms with Gasteiger partial charge in [0.25, 0.3) is 0 Å². The molecular weight excluding hydrogens is 270 g/mol. The summed E-state index contributed by atoms with van der Waals surface area (Å²) in [7, 11) is 1.67. The molecule has 3 rings (SSSR count). The van der Waals surface area contributed by atoms with E-state index in [1.807, 2.05) is 12.1 Å². The SMILES string of the molecule is COc1cc(C2CNCCO2)ccc1OC1CCCOC1. The zero-order valence-corrected chi connectivity index (χ0v) is 12.5. The Labute approximate surface area is 125 Å². The van der Waals surface area contributed by atoms with Gasteiger partial charge >= 0.3 is 0 Å². The molecule has 0 amide bonds. The van der Waals surface area contributed by atoms with E-state index in [4.69, 9.17) is 18.9 Å². The molecule has 21 heavy (non-hydrogen) atoms. The van der Waals surface area contributed by atoms with E-state index in [-0.39, 0.29) is 12.2 Å². The van der Waals surface area contributed by atoms with Gasteiger partial charge in [0.2, 0.25) is 0 Å². The second-order valence-electron chi connectivity index (χ2n) is 5.43. The summed E-state index contributed by atoms with van der Waals surface area (Å²) in [6.07, 6.45) is 2.28. The van der Waals surface area contributed by atoms with Crippen LogP contribution in [0.25, 0.3) is 0 Å². The number of methoxy groups -OCH3 is 1. The van der Waals surface area contributed by atoms with E-state index in [2.05, 4.69) is 11.4 Å². The summed E-state index contributed by atoms with van der Waals surface area (Å²) in [4.78, 5) is 0. The number of hydrogen-bond acceptors (Lipinski definition) is 5. The first-order chi connectivity index (χ1) is 10.4. The van der Waals surface area contributed by atoms with Crippen LogP contribution in [0.2, 0.25) is 0 Å². The third kappa shape index (κ3) is 3.67. The number of ether oxygens (including phenoxy) is 4. The fourth-order valence-corrected chi connectivity index (χ4v) is 2.75. The highest BCUT2D eigenvalue weighted by atomic mass is 16.5. The van der Waals surface area contributed by atoms with Crippen LogP contribution in [0.15, 0.2) is 18.2 Å². The molecule has 0 spiro atoms. The zero-order chi connectivity index (χ0) is 14.5. The Bertz CT molecular complexity index is 454. The van der Waals surface area contributed by atoms with Crippen LogP contribution in [0, 0.1) is 0 Å². The van der Waals surface area contributed by atoms with Gasteiger partial charge in [0.05, 0.1) is 26.4 Å². The number of benzene rings is 1. The lowest BCUT2D eigenvalue weighted by Gasteiger charge is -2.26. The maximum absolute atomic E-state index is 6.01. The molecule has 5 heteroatoms. The Morgan fingerprint density at radius 2 is 2.19 bits per heavy atom. The summed E-state index contributed by atoms with van der Waals surface area (Å²) in [5.41, 5.74) is 1.12. The van der Waals surface area contributed by atoms with Crippen molar-refractivity contribution in [2.75, 3.05) is 40.0 Å². The van der Waals surface area contributed by atoms with Crippen LogP contribution in [-0.4, -0.2) is 46.1 Å². The Kier molecular flexibility index (Phi) is 4.95. The molecule has 0 aliphatic carbocycles. The van der Waals surface area contributed by atoms with Gasteiger partial charge in [-0.1, -0.05) is 6.07 Å². The van der Waals surface area contributed by atoms with Crippen LogP contribution in [-0.2, 0) is 9.47 Å². The predicted octanol–water partition coefficient (Wildman–Crippen LogP) is 1.91. The van der Waals surface area contributed by atoms with E-state index >= 15 is 0 Å². The highest BCUT2D eigenvalue weighted by Gasteiger charge is 2.20. The van der Waals surface area contributed by atoms with E-state index in [0.717, 1.165) is 56.2 Å². The molecule has 2 heterocycles. The summed E-state index contributed by atoms with van der Waals surface area (Å²) >= 11 is 0. The first kappa shape index (κ1) is 14.6. The topological polar surface area (TPSA) is 49.0 Å². The average Bonchev–Trinajstić information content (AvgIpc) is 2.57. The second kappa shape index (κ2) is 7.11. The maximum atomic E-state index is 6.01. The van der Waals surface area contributed by atoms with Crippen molar-refractivity contribution in [1.29, 1.82) is 0 Å². The monoisotopic (exact) mass is 293 g/mol. The van der Waals surface area contributed by atoms with Crippen LogP contribution in [0.3, 0.4) is 0 Å². The van der Waals surface area contributed by atoms with Crippen LogP contribution in [0.5, 0.6) is 11.5 Å². The van der Waals surface area contributed by atoms with Crippen molar-refractivity contribution in [2.45, 2.75) is 25.0 Å². The molecule has 0 saturated carbocycles. The zero-order valence-electron chi connectivity index (χ0n) is 12.5. The number of rotatable bonds is 4. The first-order valence-corrected chi connectivity index (χ1v) is 7.61. The van der Waals surface area contributed by atoms with Crippen LogP contribution >= 0.6 is 0 Å². The smallest absolute Gasteiger partial charge is 0.161 e. The van der Waals surface area contributed by atoms with E-state index < -0.39 is 0 Å². The average molecular weight is 293 g/mol. The first-order valence-electron chi connectivity index (χ1n) is 7.61. The minimum Gasteiger partial charge on any atom is -0.493 e. The molecule has 1 aromatic carbocycles. The van der Waals surface area contributed by atoms with Gasteiger partial charge in [-0.2, -0.15) is 0 Å². The standard InChI is InChI=1S/C16H23NO4/c1-18-15-9-12(16-10-17-6-8-20-16)4-5-14(15)21-13-3-2-7-19-11-13/h4-5,9,13,16-17H,2-3,6-8,10-11H2,1H3. The van der Waals surface area contributed by atoms with Crippen LogP contribution in [0.4, 0.5) is 0 Å². The lowest BCUT2D eigenvalue weighted by molar-refractivity contribution is 0.00624. The van der Waals surface area contributed by atoms with Gasteiger partial charge in [-0.25, -0.2) is 0 Å². The van der Waals surface area contributed by atoms with Crippen molar-refractivity contribution < 1.29 is 18.9 Å². The van der Waals surface area contributed by atoms with Gasteiger partial charge in [-0.3, -0.25) is 0 Å². The molecule has 116 valence electrons. The molecule has 0 radical (unpaired) electrons. The molecule has 2 atom stereocenters. The van der Waals surface area contributed by atoms with Crippen molar-refractivity contribution in [3.63, 3.8) is 0 Å². The van der Waals surface area contributed by atoms with Crippen molar-refractivity contribution in [1.82, 2.24) is 5.32 Å². The molecule has 2 unspecified atom stereocenters. The van der Waals surface area contributed by atoms with Gasteiger partial charge in [-0.05, 0) is 30.5 Å². The third-order valence-corrected chi connectivity index (χ3v) is 3.90. The van der Waals surface area contributed by atoms with Gasteiger partial charge in [-0.15, -0.1) is 0 Å². The number of morpholine rings is 1. The highest BCUT2D eigenvalue weighted by Crippen LogP contribution is 2.33. The predicted molar refractivity (Wildman–Crippen MR) is 79.0 cm³/mol. The van der Waals surface area contributed by atoms with Crippen molar-refractivity contribution in [2.24, 2.45) is 0 Å². The molecule has 2 aliphatic rings. The molecule has 2 saturated heterocycles. The fourth-order valence-electron chi connectivity index (χ4n) is 2.75. The summed E-state index contributed by atoms with van der Waals surface area (Å²) in [5.74, 6) is 1.53. The largest absolute Gasteiger partial charge is 0.493 e. The Morgan fingerprint density at radius 1 is 1.24 bits per heavy atom. The molecule has 2 aliphatic heterocycles. The molecule has 1 N–H and O–H groups in total. The maximum Gasteiger partial charge on any atom is 0.161 e. The van der Waals surface area contributed by atoms with Crippen LogP contribution < -0.4 is 14.8 Å². The van der Waals surface area contributed by atoms with Gasteiger partial charge in [0.15, 0.2) is 11.5 Å². The quantitative estimate of drug-likeness (QED) is 0.919. The van der Waals surface area contributed by atoms with Gasteiger partial charge in [0, 0.05) is 19.7 Å². The lowest BCUT2D eigenvalue weighted by atomic mass is 10.1. The third-order valence-electron chi connectivity index (χ3n) is 3.90. The number of nitrogens with one attached hydrogen (secondary N) is 1. The summed E-state index contributed by atoms with van der Waals surface area (Å²) in [6, 6.07) is 6.04. The minimum absolute atomic E-state index is 0.0831. The molecule has 0 aromatic heterocycles. The second-order valence-corrected chi connectivity index (χ2v) is 5.43. The minimum atomic E-state index is 0.0831. The number of hydrogen-bond donors (Lipinski definition) is 1. The fraction of sp³-hybridized carbons (Fsp3) is 0.625. The van der Waals surface area contributed by atoms with Gasteiger partial charge in [0.1, 0.15) is 6.10 Å². The van der Waals surface area contributed by atoms with Gasteiger partial charge < -0.3 is 24.3 Å². The normalized spacial score (nSPS) is 26.3. The van der Waals surface area contributed by atoms with Crippen LogP contribution in [0.1, 0.15) is 24.5 Å². The summed E-state index contributed by atoms with van der Waals surface area (Å²) < 4.78 is 22.7. The molecule has 2 fully saturated rings.